The topological polar surface area (TPSA) is 44.2 Å². The lowest BCUT2D eigenvalue weighted by molar-refractivity contribution is -0.121. The molecule has 0 fully saturated rings. The molecule has 0 aromatic heterocycles. The average molecular weight is 146 g/mol. The first kappa shape index (κ1) is 8.49. The molecule has 1 N–H and O–H groups in total. The molecule has 0 aromatic carbocycles. The van der Waals surface area contributed by atoms with Crippen LogP contribution < -0.4 is 0 Å². The van der Waals surface area contributed by atoms with Gasteiger partial charge in [-0.2, -0.15) is 0 Å². The zero-order chi connectivity index (χ0) is 7.44. The quantitative estimate of drug-likeness (QED) is 0.397. The Labute approximate surface area is 58.9 Å². The minimum atomic E-state index is -0.234. The van der Waals surface area contributed by atoms with Crippen molar-refractivity contribution in [2.75, 3.05) is 20.4 Å². The Morgan fingerprint density at radius 2 is 2.00 bits per heavy atom. The second-order valence-corrected chi connectivity index (χ2v) is 2.55. The molecule has 0 aliphatic rings. The zero-order valence-corrected chi connectivity index (χ0v) is 6.58. The van der Waals surface area contributed by atoms with E-state index in [4.69, 9.17) is 5.41 Å². The maximum Gasteiger partial charge on any atom is 0.277 e. The maximum atomic E-state index is 10.8. The molecule has 0 bridgehead atoms. The molecule has 1 amide bonds. The fourth-order valence-corrected chi connectivity index (χ4v) is 0.648. The van der Waals surface area contributed by atoms with E-state index in [0.29, 0.717) is 0 Å². The summed E-state index contributed by atoms with van der Waals surface area (Å²) in [7, 11) is 3.26. The summed E-state index contributed by atoms with van der Waals surface area (Å²) >= 11 is 1.15. The molecule has 52 valence electrons. The Morgan fingerprint density at radius 1 is 1.56 bits per heavy atom. The molecule has 0 aliphatic heterocycles. The van der Waals surface area contributed by atoms with E-state index in [0.717, 1.165) is 11.8 Å². The van der Waals surface area contributed by atoms with E-state index in [1.54, 1.807) is 20.4 Å². The largest absolute Gasteiger partial charge is 0.343 e. The molecule has 0 heterocycles. The van der Waals surface area contributed by atoms with E-state index in [-0.39, 0.29) is 11.0 Å². The summed E-state index contributed by atoms with van der Waals surface area (Å²) in [6.45, 7) is 0. The van der Waals surface area contributed by atoms with Crippen molar-refractivity contribution in [1.82, 2.24) is 4.90 Å². The van der Waals surface area contributed by atoms with Crippen LogP contribution >= 0.6 is 11.8 Å². The van der Waals surface area contributed by atoms with Gasteiger partial charge in [-0.15, -0.1) is 11.8 Å². The third kappa shape index (κ3) is 2.51. The van der Waals surface area contributed by atoms with Crippen LogP contribution in [0.4, 0.5) is 0 Å². The molecular weight excluding hydrogens is 136 g/mol. The van der Waals surface area contributed by atoms with Gasteiger partial charge in [-0.05, 0) is 6.26 Å². The normalized spacial score (nSPS) is 8.78. The minimum Gasteiger partial charge on any atom is -0.343 e. The molecule has 0 atom stereocenters. The molecule has 0 saturated carbocycles. The molecule has 3 nitrogen and oxygen atoms in total. The first-order valence-electron chi connectivity index (χ1n) is 2.43. The Bertz CT molecular complexity index is 133. The van der Waals surface area contributed by atoms with Crippen molar-refractivity contribution in [2.24, 2.45) is 0 Å². The molecule has 9 heavy (non-hydrogen) atoms. The fourth-order valence-electron chi connectivity index (χ4n) is 0.290. The lowest BCUT2D eigenvalue weighted by Crippen LogP contribution is -2.27. The van der Waals surface area contributed by atoms with Crippen LogP contribution in [0.5, 0.6) is 0 Å². The second kappa shape index (κ2) is 3.50. The molecule has 0 saturated heterocycles. The lowest BCUT2D eigenvalue weighted by atomic mass is 10.6. The number of rotatable bonds is 0. The first-order valence-corrected chi connectivity index (χ1v) is 3.66. The lowest BCUT2D eigenvalue weighted by Gasteiger charge is -2.07. The summed E-state index contributed by atoms with van der Waals surface area (Å²) in [5.41, 5.74) is 0. The van der Waals surface area contributed by atoms with Gasteiger partial charge in [-0.3, -0.25) is 10.2 Å². The van der Waals surface area contributed by atoms with Gasteiger partial charge in [0.2, 0.25) is 0 Å². The van der Waals surface area contributed by atoms with E-state index >= 15 is 0 Å². The Morgan fingerprint density at radius 3 is 2.11 bits per heavy atom. The number of thioether (sulfide) groups is 1. The summed E-state index contributed by atoms with van der Waals surface area (Å²) in [6.07, 6.45) is 1.71. The molecule has 4 heteroatoms. The summed E-state index contributed by atoms with van der Waals surface area (Å²) < 4.78 is 0. The van der Waals surface area contributed by atoms with Crippen molar-refractivity contribution < 1.29 is 4.79 Å². The smallest absolute Gasteiger partial charge is 0.277 e. The van der Waals surface area contributed by atoms with Crippen LogP contribution in [0.1, 0.15) is 0 Å². The van der Waals surface area contributed by atoms with Gasteiger partial charge in [-0.1, -0.05) is 0 Å². The van der Waals surface area contributed by atoms with Crippen molar-refractivity contribution in [3.63, 3.8) is 0 Å². The number of carbonyl (C=O) groups is 1. The second-order valence-electron chi connectivity index (χ2n) is 1.73. The van der Waals surface area contributed by atoms with Gasteiger partial charge in [0.1, 0.15) is 0 Å². The van der Waals surface area contributed by atoms with Crippen molar-refractivity contribution in [1.29, 1.82) is 5.41 Å². The van der Waals surface area contributed by atoms with E-state index in [1.165, 1.54) is 4.90 Å². The molecule has 0 spiro atoms. The number of hydrogen-bond acceptors (Lipinski definition) is 3. The van der Waals surface area contributed by atoms with Gasteiger partial charge in [0.15, 0.2) is 5.04 Å². The molecule has 0 aliphatic carbocycles. The number of nitrogens with one attached hydrogen (secondary N) is 1. The van der Waals surface area contributed by atoms with Crippen LogP contribution in [0.25, 0.3) is 0 Å². The third-order valence-electron chi connectivity index (χ3n) is 0.805. The minimum absolute atomic E-state index is 0.0833. The average Bonchev–Trinajstić information content (AvgIpc) is 1.84. The van der Waals surface area contributed by atoms with Crippen LogP contribution in [-0.2, 0) is 4.79 Å². The highest BCUT2D eigenvalue weighted by Crippen LogP contribution is 1.96. The standard InChI is InChI=1S/C5H10N2OS/c1-7(2)5(8)4(6)9-3/h6H,1-3H3. The number of carbonyl (C=O) groups excluding carboxylic acids is 1. The van der Waals surface area contributed by atoms with Crippen molar-refractivity contribution in [3.8, 4) is 0 Å². The molecular formula is C5H10N2OS. The van der Waals surface area contributed by atoms with Crippen LogP contribution in [-0.4, -0.2) is 36.2 Å². The predicted octanol–water partition coefficient (Wildman–Crippen LogP) is 0.415. The molecule has 0 aromatic rings. The van der Waals surface area contributed by atoms with E-state index in [1.807, 2.05) is 0 Å². The molecule has 0 rings (SSSR count). The summed E-state index contributed by atoms with van der Waals surface area (Å²) in [5, 5.41) is 7.13. The van der Waals surface area contributed by atoms with Crippen LogP contribution in [0.15, 0.2) is 0 Å². The molecule has 0 radical (unpaired) electrons. The van der Waals surface area contributed by atoms with Crippen LogP contribution in [0.3, 0.4) is 0 Å². The zero-order valence-electron chi connectivity index (χ0n) is 5.76. The van der Waals surface area contributed by atoms with Gasteiger partial charge in [0.05, 0.1) is 0 Å². The third-order valence-corrected chi connectivity index (χ3v) is 1.39. The molecule has 0 unspecified atom stereocenters. The van der Waals surface area contributed by atoms with Gasteiger partial charge < -0.3 is 4.90 Å². The highest BCUT2D eigenvalue weighted by Gasteiger charge is 2.08. The van der Waals surface area contributed by atoms with E-state index in [2.05, 4.69) is 0 Å². The monoisotopic (exact) mass is 146 g/mol. The van der Waals surface area contributed by atoms with E-state index < -0.39 is 0 Å². The first-order chi connectivity index (χ1) is 4.09. The van der Waals surface area contributed by atoms with Gasteiger partial charge in [0, 0.05) is 14.1 Å². The summed E-state index contributed by atoms with van der Waals surface area (Å²) in [5.74, 6) is -0.234. The van der Waals surface area contributed by atoms with Gasteiger partial charge >= 0.3 is 0 Å². The number of amides is 1. The summed E-state index contributed by atoms with van der Waals surface area (Å²) in [4.78, 5) is 12.1. The van der Waals surface area contributed by atoms with Crippen LogP contribution in [0.2, 0.25) is 0 Å². The highest BCUT2D eigenvalue weighted by atomic mass is 32.2. The highest BCUT2D eigenvalue weighted by molar-refractivity contribution is 8.15. The Hall–Kier alpha value is -0.510. The number of hydrogen-bond donors (Lipinski definition) is 1. The summed E-state index contributed by atoms with van der Waals surface area (Å²) in [6, 6.07) is 0. The Balaban J connectivity index is 3.89. The van der Waals surface area contributed by atoms with Gasteiger partial charge in [-0.25, -0.2) is 0 Å². The van der Waals surface area contributed by atoms with Crippen LogP contribution in [0, 0.1) is 5.41 Å². The fraction of sp³-hybridized carbons (Fsp3) is 0.600. The maximum absolute atomic E-state index is 10.8. The van der Waals surface area contributed by atoms with Crippen molar-refractivity contribution >= 4 is 22.7 Å². The SMILES string of the molecule is CSC(=N)C(=O)N(C)C. The van der Waals surface area contributed by atoms with E-state index in [9.17, 15) is 4.79 Å². The van der Waals surface area contributed by atoms with Crippen molar-refractivity contribution in [2.45, 2.75) is 0 Å². The van der Waals surface area contributed by atoms with Gasteiger partial charge in [0.25, 0.3) is 5.91 Å². The van der Waals surface area contributed by atoms with Crippen molar-refractivity contribution in [3.05, 3.63) is 0 Å². The predicted molar refractivity (Wildman–Crippen MR) is 39.9 cm³/mol. The number of nitrogens with zero attached hydrogens (tertiary/aromatic N) is 1. The Kier molecular flexibility index (Phi) is 3.30.